The van der Waals surface area contributed by atoms with E-state index in [2.05, 4.69) is 10.3 Å². The monoisotopic (exact) mass is 223 g/mol. The van der Waals surface area contributed by atoms with E-state index in [0.717, 1.165) is 25.7 Å². The minimum absolute atomic E-state index is 0.134. The summed E-state index contributed by atoms with van der Waals surface area (Å²) in [7, 11) is 0. The first-order valence-corrected chi connectivity index (χ1v) is 5.59. The van der Waals surface area contributed by atoms with E-state index in [-0.39, 0.29) is 11.9 Å². The summed E-state index contributed by atoms with van der Waals surface area (Å²) in [6, 6.07) is 1.45. The second-order valence-electron chi connectivity index (χ2n) is 4.28. The lowest BCUT2D eigenvalue weighted by molar-refractivity contribution is 0.0714. The second-order valence-corrected chi connectivity index (χ2v) is 4.28. The zero-order valence-corrected chi connectivity index (χ0v) is 9.07. The van der Waals surface area contributed by atoms with Crippen LogP contribution in [0.5, 0.6) is 0 Å². The van der Waals surface area contributed by atoms with Crippen LogP contribution in [-0.4, -0.2) is 28.1 Å². The molecular formula is C11H17N3O2. The van der Waals surface area contributed by atoms with E-state index in [9.17, 15) is 9.90 Å². The van der Waals surface area contributed by atoms with Crippen molar-refractivity contribution in [1.29, 1.82) is 0 Å². The fourth-order valence-corrected chi connectivity index (χ4v) is 2.07. The van der Waals surface area contributed by atoms with Gasteiger partial charge in [-0.1, -0.05) is 12.8 Å². The average molecular weight is 223 g/mol. The van der Waals surface area contributed by atoms with Crippen molar-refractivity contribution in [3.63, 3.8) is 0 Å². The number of hydrogen-bond acceptors (Lipinski definition) is 3. The molecule has 16 heavy (non-hydrogen) atoms. The van der Waals surface area contributed by atoms with Gasteiger partial charge in [-0.2, -0.15) is 0 Å². The third-order valence-electron chi connectivity index (χ3n) is 3.00. The molecule has 1 amide bonds. The van der Waals surface area contributed by atoms with Crippen molar-refractivity contribution in [2.45, 2.75) is 37.8 Å². The Morgan fingerprint density at radius 3 is 2.88 bits per heavy atom. The fraction of sp³-hybridized carbons (Fsp3) is 0.545. The minimum Gasteiger partial charge on any atom is -0.397 e. The SMILES string of the molecule is Nc1c[nH]c(C(=O)NC2CCCCC2O)c1. The summed E-state index contributed by atoms with van der Waals surface area (Å²) < 4.78 is 0. The summed E-state index contributed by atoms with van der Waals surface area (Å²) in [5, 5.41) is 12.5. The van der Waals surface area contributed by atoms with Crippen molar-refractivity contribution in [3.8, 4) is 0 Å². The highest BCUT2D eigenvalue weighted by molar-refractivity contribution is 5.93. The molecule has 1 aliphatic rings. The summed E-state index contributed by atoms with van der Waals surface area (Å²) in [6.07, 6.45) is 4.83. The van der Waals surface area contributed by atoms with E-state index in [1.165, 1.54) is 0 Å². The van der Waals surface area contributed by atoms with E-state index < -0.39 is 6.10 Å². The van der Waals surface area contributed by atoms with Gasteiger partial charge in [-0.05, 0) is 18.9 Å². The number of rotatable bonds is 2. The van der Waals surface area contributed by atoms with Crippen LogP contribution in [0.15, 0.2) is 12.3 Å². The molecule has 0 bridgehead atoms. The molecule has 5 nitrogen and oxygen atoms in total. The molecule has 1 aliphatic carbocycles. The molecule has 1 heterocycles. The van der Waals surface area contributed by atoms with E-state index in [1.54, 1.807) is 12.3 Å². The van der Waals surface area contributed by atoms with Gasteiger partial charge in [0, 0.05) is 11.9 Å². The van der Waals surface area contributed by atoms with Crippen LogP contribution in [0.1, 0.15) is 36.2 Å². The number of aromatic nitrogens is 1. The first-order valence-electron chi connectivity index (χ1n) is 5.59. The van der Waals surface area contributed by atoms with Crippen LogP contribution < -0.4 is 11.1 Å². The first kappa shape index (κ1) is 11.0. The number of hydrogen-bond donors (Lipinski definition) is 4. The Bertz CT molecular complexity index is 375. The molecule has 1 saturated carbocycles. The third kappa shape index (κ3) is 2.36. The van der Waals surface area contributed by atoms with Crippen LogP contribution in [0, 0.1) is 0 Å². The van der Waals surface area contributed by atoms with Crippen LogP contribution in [0.25, 0.3) is 0 Å². The smallest absolute Gasteiger partial charge is 0.268 e. The number of aliphatic hydroxyl groups excluding tert-OH is 1. The quantitative estimate of drug-likeness (QED) is 0.592. The van der Waals surface area contributed by atoms with Gasteiger partial charge in [0.15, 0.2) is 0 Å². The van der Waals surface area contributed by atoms with Gasteiger partial charge in [0.05, 0.1) is 12.1 Å². The van der Waals surface area contributed by atoms with Crippen LogP contribution >= 0.6 is 0 Å². The maximum absolute atomic E-state index is 11.8. The first-order chi connectivity index (χ1) is 7.66. The number of carbonyl (C=O) groups excluding carboxylic acids is 1. The van der Waals surface area contributed by atoms with Crippen molar-refractivity contribution in [2.75, 3.05) is 5.73 Å². The molecule has 1 fully saturated rings. The standard InChI is InChI=1S/C11H17N3O2/c12-7-5-9(13-6-7)11(16)14-8-3-1-2-4-10(8)15/h5-6,8,10,13,15H,1-4,12H2,(H,14,16). The lowest BCUT2D eigenvalue weighted by Gasteiger charge is -2.28. The zero-order chi connectivity index (χ0) is 11.5. The Kier molecular flexibility index (Phi) is 3.14. The molecule has 1 aromatic heterocycles. The van der Waals surface area contributed by atoms with Crippen molar-refractivity contribution in [2.24, 2.45) is 0 Å². The number of nitrogens with one attached hydrogen (secondary N) is 2. The number of aromatic amines is 1. The number of nitrogen functional groups attached to an aromatic ring is 1. The van der Waals surface area contributed by atoms with Crippen molar-refractivity contribution in [3.05, 3.63) is 18.0 Å². The molecule has 5 N–H and O–H groups in total. The maximum atomic E-state index is 11.8. The summed E-state index contributed by atoms with van der Waals surface area (Å²) in [5.74, 6) is -0.206. The maximum Gasteiger partial charge on any atom is 0.268 e. The molecule has 2 atom stereocenters. The number of nitrogens with two attached hydrogens (primary N) is 1. The van der Waals surface area contributed by atoms with Crippen LogP contribution in [0.2, 0.25) is 0 Å². The van der Waals surface area contributed by atoms with Crippen molar-refractivity contribution in [1.82, 2.24) is 10.3 Å². The Labute approximate surface area is 94.0 Å². The molecule has 0 spiro atoms. The highest BCUT2D eigenvalue weighted by Crippen LogP contribution is 2.18. The Morgan fingerprint density at radius 1 is 1.50 bits per heavy atom. The predicted octanol–water partition coefficient (Wildman–Crippen LogP) is 0.630. The van der Waals surface area contributed by atoms with Gasteiger partial charge < -0.3 is 21.1 Å². The second kappa shape index (κ2) is 4.57. The predicted molar refractivity (Wildman–Crippen MR) is 60.9 cm³/mol. The molecule has 0 saturated heterocycles. The van der Waals surface area contributed by atoms with Crippen LogP contribution in [0.3, 0.4) is 0 Å². The summed E-state index contributed by atoms with van der Waals surface area (Å²) in [4.78, 5) is 14.6. The number of amides is 1. The van der Waals surface area contributed by atoms with Gasteiger partial charge >= 0.3 is 0 Å². The van der Waals surface area contributed by atoms with E-state index in [4.69, 9.17) is 5.73 Å². The molecule has 0 aliphatic heterocycles. The highest BCUT2D eigenvalue weighted by Gasteiger charge is 2.25. The third-order valence-corrected chi connectivity index (χ3v) is 3.00. The van der Waals surface area contributed by atoms with E-state index >= 15 is 0 Å². The van der Waals surface area contributed by atoms with E-state index in [0.29, 0.717) is 11.4 Å². The van der Waals surface area contributed by atoms with Gasteiger partial charge in [-0.15, -0.1) is 0 Å². The largest absolute Gasteiger partial charge is 0.397 e. The highest BCUT2D eigenvalue weighted by atomic mass is 16.3. The topological polar surface area (TPSA) is 91.1 Å². The number of anilines is 1. The molecule has 0 aromatic carbocycles. The van der Waals surface area contributed by atoms with Gasteiger partial charge in [-0.25, -0.2) is 0 Å². The van der Waals surface area contributed by atoms with Crippen molar-refractivity contribution >= 4 is 11.6 Å². The van der Waals surface area contributed by atoms with Gasteiger partial charge in [-0.3, -0.25) is 4.79 Å². The summed E-state index contributed by atoms with van der Waals surface area (Å²) in [6.45, 7) is 0. The number of carbonyl (C=O) groups is 1. The number of H-pyrrole nitrogens is 1. The van der Waals surface area contributed by atoms with Gasteiger partial charge in [0.25, 0.3) is 5.91 Å². The Morgan fingerprint density at radius 2 is 2.25 bits per heavy atom. The van der Waals surface area contributed by atoms with Crippen LogP contribution in [0.4, 0.5) is 5.69 Å². The Hall–Kier alpha value is -1.49. The van der Waals surface area contributed by atoms with E-state index in [1.807, 2.05) is 0 Å². The summed E-state index contributed by atoms with van der Waals surface area (Å²) in [5.41, 5.74) is 6.49. The van der Waals surface area contributed by atoms with Crippen LogP contribution in [-0.2, 0) is 0 Å². The average Bonchev–Trinajstić information content (AvgIpc) is 2.68. The molecule has 88 valence electrons. The van der Waals surface area contributed by atoms with Gasteiger partial charge in [0.1, 0.15) is 5.69 Å². The Balaban J connectivity index is 1.96. The molecular weight excluding hydrogens is 206 g/mol. The lowest BCUT2D eigenvalue weighted by Crippen LogP contribution is -2.45. The number of aliphatic hydroxyl groups is 1. The van der Waals surface area contributed by atoms with Crippen molar-refractivity contribution < 1.29 is 9.90 Å². The van der Waals surface area contributed by atoms with Gasteiger partial charge in [0.2, 0.25) is 0 Å². The molecule has 2 rings (SSSR count). The fourth-order valence-electron chi connectivity index (χ4n) is 2.07. The molecule has 0 radical (unpaired) electrons. The zero-order valence-electron chi connectivity index (χ0n) is 9.07. The molecule has 2 unspecified atom stereocenters. The molecule has 5 heteroatoms. The molecule has 1 aromatic rings. The normalized spacial score (nSPS) is 25.3. The minimum atomic E-state index is -0.426. The summed E-state index contributed by atoms with van der Waals surface area (Å²) >= 11 is 0. The lowest BCUT2D eigenvalue weighted by atomic mass is 9.92.